The number of hydrogen-bond acceptors (Lipinski definition) is 4. The second-order valence-electron chi connectivity index (χ2n) is 6.85. The fourth-order valence-corrected chi connectivity index (χ4v) is 3.40. The Bertz CT molecular complexity index is 1020. The van der Waals surface area contributed by atoms with Crippen molar-refractivity contribution < 1.29 is 0 Å². The zero-order valence-corrected chi connectivity index (χ0v) is 16.2. The van der Waals surface area contributed by atoms with Crippen LogP contribution in [0.1, 0.15) is 42.3 Å². The highest BCUT2D eigenvalue weighted by Crippen LogP contribution is 2.23. The summed E-state index contributed by atoms with van der Waals surface area (Å²) in [7, 11) is 0. The van der Waals surface area contributed by atoms with Crippen LogP contribution in [-0.2, 0) is 12.8 Å². The van der Waals surface area contributed by atoms with Gasteiger partial charge in [0.15, 0.2) is 11.6 Å². The Morgan fingerprint density at radius 3 is 2.57 bits per heavy atom. The molecule has 0 saturated heterocycles. The van der Waals surface area contributed by atoms with Crippen LogP contribution in [0.2, 0.25) is 0 Å². The van der Waals surface area contributed by atoms with E-state index in [-0.39, 0.29) is 6.04 Å². The molecular weight excluding hydrogens is 348 g/mol. The first-order valence-electron chi connectivity index (χ1n) is 9.66. The lowest BCUT2D eigenvalue weighted by Crippen LogP contribution is -2.16. The molecule has 0 aliphatic heterocycles. The number of pyridine rings is 1. The Morgan fingerprint density at radius 2 is 1.86 bits per heavy atom. The molecule has 0 fully saturated rings. The third-order valence-electron chi connectivity index (χ3n) is 4.81. The Balaban J connectivity index is 1.71. The van der Waals surface area contributed by atoms with Gasteiger partial charge in [0.1, 0.15) is 6.04 Å². The number of hydrogen-bond donors (Lipinski definition) is 0. The minimum absolute atomic E-state index is 0.0291. The van der Waals surface area contributed by atoms with Gasteiger partial charge < -0.3 is 0 Å². The monoisotopic (exact) mass is 372 g/mol. The van der Waals surface area contributed by atoms with E-state index in [0.29, 0.717) is 0 Å². The fourth-order valence-electron chi connectivity index (χ4n) is 3.40. The molecule has 0 amide bonds. The minimum Gasteiger partial charge on any atom is -0.262 e. The van der Waals surface area contributed by atoms with Crippen molar-refractivity contribution in [1.29, 1.82) is 0 Å². The van der Waals surface area contributed by atoms with Crippen LogP contribution in [0, 0.1) is 6.92 Å². The summed E-state index contributed by atoms with van der Waals surface area (Å²) >= 11 is 0. The summed E-state index contributed by atoms with van der Waals surface area (Å²) in [6.07, 6.45) is 8.18. The molecular formula is C22H24N6. The van der Waals surface area contributed by atoms with Crippen LogP contribution in [-0.4, -0.2) is 29.5 Å². The summed E-state index contributed by atoms with van der Waals surface area (Å²) in [5.74, 6) is 1.75. The van der Waals surface area contributed by atoms with E-state index in [0.717, 1.165) is 42.3 Å². The SMILES string of the molecule is CCC(c1nc(CCc2ccccc2)nn1-c1ccnc(C)c1)n1cccn1. The maximum absolute atomic E-state index is 4.93. The number of benzene rings is 1. The fraction of sp³-hybridized carbons (Fsp3) is 0.273. The van der Waals surface area contributed by atoms with E-state index in [4.69, 9.17) is 10.1 Å². The van der Waals surface area contributed by atoms with Gasteiger partial charge in [-0.25, -0.2) is 9.67 Å². The van der Waals surface area contributed by atoms with E-state index < -0.39 is 0 Å². The van der Waals surface area contributed by atoms with E-state index in [1.54, 1.807) is 6.20 Å². The maximum Gasteiger partial charge on any atom is 0.157 e. The number of aryl methyl sites for hydroxylation is 3. The highest BCUT2D eigenvalue weighted by atomic mass is 15.4. The van der Waals surface area contributed by atoms with Gasteiger partial charge in [0.25, 0.3) is 0 Å². The van der Waals surface area contributed by atoms with Gasteiger partial charge in [0.05, 0.1) is 5.69 Å². The smallest absolute Gasteiger partial charge is 0.157 e. The van der Waals surface area contributed by atoms with Gasteiger partial charge in [-0.1, -0.05) is 37.3 Å². The van der Waals surface area contributed by atoms with Crippen molar-refractivity contribution in [1.82, 2.24) is 29.5 Å². The Morgan fingerprint density at radius 1 is 1.00 bits per heavy atom. The molecule has 0 aliphatic carbocycles. The minimum atomic E-state index is 0.0291. The third kappa shape index (κ3) is 3.86. The van der Waals surface area contributed by atoms with Crippen LogP contribution in [0.15, 0.2) is 67.1 Å². The summed E-state index contributed by atoms with van der Waals surface area (Å²) in [5, 5.41) is 9.29. The van der Waals surface area contributed by atoms with E-state index in [2.05, 4.69) is 41.3 Å². The first-order valence-corrected chi connectivity index (χ1v) is 9.66. The summed E-state index contributed by atoms with van der Waals surface area (Å²) in [5.41, 5.74) is 3.22. The van der Waals surface area contributed by atoms with Gasteiger partial charge in [-0.15, -0.1) is 0 Å². The molecule has 142 valence electrons. The zero-order chi connectivity index (χ0) is 19.3. The first kappa shape index (κ1) is 18.1. The average Bonchev–Trinajstić information content (AvgIpc) is 3.39. The van der Waals surface area contributed by atoms with Crippen LogP contribution in [0.25, 0.3) is 5.69 Å². The van der Waals surface area contributed by atoms with Crippen molar-refractivity contribution >= 4 is 0 Å². The highest BCUT2D eigenvalue weighted by molar-refractivity contribution is 5.32. The standard InChI is InChI=1S/C22H24N6/c1-3-20(27-15-7-13-24-27)22-25-21(11-10-18-8-5-4-6-9-18)26-28(22)19-12-14-23-17(2)16-19/h4-9,12-16,20H,3,10-11H2,1-2H3. The van der Waals surface area contributed by atoms with Crippen LogP contribution in [0.3, 0.4) is 0 Å². The van der Waals surface area contributed by atoms with Crippen LogP contribution in [0.5, 0.6) is 0 Å². The predicted molar refractivity (Wildman–Crippen MR) is 108 cm³/mol. The number of rotatable bonds is 7. The largest absolute Gasteiger partial charge is 0.262 e. The van der Waals surface area contributed by atoms with E-state index >= 15 is 0 Å². The van der Waals surface area contributed by atoms with E-state index in [9.17, 15) is 0 Å². The van der Waals surface area contributed by atoms with E-state index in [1.807, 2.05) is 52.9 Å². The molecule has 3 aromatic heterocycles. The van der Waals surface area contributed by atoms with Crippen molar-refractivity contribution in [3.8, 4) is 5.69 Å². The van der Waals surface area contributed by atoms with E-state index in [1.165, 1.54) is 5.56 Å². The lowest BCUT2D eigenvalue weighted by atomic mass is 10.1. The molecule has 0 saturated carbocycles. The maximum atomic E-state index is 4.93. The van der Waals surface area contributed by atoms with Crippen LogP contribution >= 0.6 is 0 Å². The third-order valence-corrected chi connectivity index (χ3v) is 4.81. The Kier molecular flexibility index (Phi) is 5.28. The quantitative estimate of drug-likeness (QED) is 0.493. The molecule has 0 aliphatic rings. The molecule has 6 nitrogen and oxygen atoms in total. The Labute approximate surface area is 164 Å². The highest BCUT2D eigenvalue weighted by Gasteiger charge is 2.22. The molecule has 0 radical (unpaired) electrons. The summed E-state index contributed by atoms with van der Waals surface area (Å²) in [6.45, 7) is 4.13. The van der Waals surface area contributed by atoms with Gasteiger partial charge in [-0.3, -0.25) is 9.67 Å². The van der Waals surface area contributed by atoms with Gasteiger partial charge in [0, 0.05) is 30.7 Å². The van der Waals surface area contributed by atoms with Gasteiger partial charge in [-0.2, -0.15) is 10.2 Å². The zero-order valence-electron chi connectivity index (χ0n) is 16.2. The van der Waals surface area contributed by atoms with Gasteiger partial charge in [-0.05, 0) is 43.5 Å². The predicted octanol–water partition coefficient (Wildman–Crippen LogP) is 3.95. The van der Waals surface area contributed by atoms with Crippen LogP contribution in [0.4, 0.5) is 0 Å². The molecule has 1 atom stereocenters. The molecule has 28 heavy (non-hydrogen) atoms. The molecule has 1 unspecified atom stereocenters. The van der Waals surface area contributed by atoms with Crippen molar-refractivity contribution in [3.05, 3.63) is 90.0 Å². The van der Waals surface area contributed by atoms with Gasteiger partial charge >= 0.3 is 0 Å². The first-order chi connectivity index (χ1) is 13.7. The molecule has 0 spiro atoms. The summed E-state index contributed by atoms with van der Waals surface area (Å²) in [4.78, 5) is 9.24. The lowest BCUT2D eigenvalue weighted by Gasteiger charge is -2.16. The lowest BCUT2D eigenvalue weighted by molar-refractivity contribution is 0.474. The molecule has 1 aromatic carbocycles. The van der Waals surface area contributed by atoms with Crippen molar-refractivity contribution in [2.45, 2.75) is 39.2 Å². The average molecular weight is 372 g/mol. The Hall–Kier alpha value is -3.28. The van der Waals surface area contributed by atoms with Crippen molar-refractivity contribution in [2.75, 3.05) is 0 Å². The molecule has 6 heteroatoms. The van der Waals surface area contributed by atoms with Crippen LogP contribution < -0.4 is 0 Å². The second-order valence-corrected chi connectivity index (χ2v) is 6.85. The summed E-state index contributed by atoms with van der Waals surface area (Å²) in [6, 6.07) is 16.4. The van der Waals surface area contributed by atoms with Gasteiger partial charge in [0.2, 0.25) is 0 Å². The second kappa shape index (κ2) is 8.17. The topological polar surface area (TPSA) is 61.4 Å². The molecule has 4 rings (SSSR count). The number of aromatic nitrogens is 6. The molecule has 3 heterocycles. The normalized spacial score (nSPS) is 12.2. The molecule has 0 bridgehead atoms. The number of nitrogens with zero attached hydrogens (tertiary/aromatic N) is 6. The molecule has 4 aromatic rings. The summed E-state index contributed by atoms with van der Waals surface area (Å²) < 4.78 is 3.90. The van der Waals surface area contributed by atoms with Crippen molar-refractivity contribution in [3.63, 3.8) is 0 Å². The molecule has 0 N–H and O–H groups in total. The van der Waals surface area contributed by atoms with Crippen molar-refractivity contribution in [2.24, 2.45) is 0 Å².